The van der Waals surface area contributed by atoms with Gasteiger partial charge in [-0.15, -0.1) is 0 Å². The van der Waals surface area contributed by atoms with Crippen LogP contribution in [0.3, 0.4) is 0 Å². The first-order valence-corrected chi connectivity index (χ1v) is 11.7. The number of nitrogens with one attached hydrogen (secondary N) is 2. The van der Waals surface area contributed by atoms with Gasteiger partial charge in [-0.1, -0.05) is 12.1 Å². The van der Waals surface area contributed by atoms with E-state index in [1.54, 1.807) is 0 Å². The second kappa shape index (κ2) is 9.07. The first-order valence-electron chi connectivity index (χ1n) is 10.2. The number of fused-ring (bicyclic) bond motifs is 1. The number of aromatic nitrogens is 1. The Morgan fingerprint density at radius 3 is 2.73 bits per heavy atom. The summed E-state index contributed by atoms with van der Waals surface area (Å²) >= 11 is 0. The molecule has 30 heavy (non-hydrogen) atoms. The van der Waals surface area contributed by atoms with Crippen molar-refractivity contribution in [2.75, 3.05) is 32.8 Å². The summed E-state index contributed by atoms with van der Waals surface area (Å²) in [7, 11) is -3.60. The average molecular weight is 430 g/mol. The van der Waals surface area contributed by atoms with Crippen LogP contribution in [0.5, 0.6) is 11.5 Å². The molecule has 1 saturated heterocycles. The maximum absolute atomic E-state index is 12.4. The maximum Gasteiger partial charge on any atom is 0.240 e. The molecule has 3 aromatic rings. The highest BCUT2D eigenvalue weighted by atomic mass is 32.2. The maximum atomic E-state index is 12.4. The lowest BCUT2D eigenvalue weighted by Crippen LogP contribution is -2.40. The van der Waals surface area contributed by atoms with Crippen LogP contribution in [0.4, 0.5) is 0 Å². The minimum Gasteiger partial charge on any atom is -0.508 e. The number of nitrogens with zero attached hydrogens (tertiary/aromatic N) is 1. The van der Waals surface area contributed by atoms with Crippen molar-refractivity contribution < 1.29 is 18.3 Å². The van der Waals surface area contributed by atoms with Gasteiger partial charge in [-0.3, -0.25) is 4.90 Å². The lowest BCUT2D eigenvalue weighted by Gasteiger charge is -2.31. The molecular weight excluding hydrogens is 402 g/mol. The number of rotatable bonds is 8. The summed E-state index contributed by atoms with van der Waals surface area (Å²) in [4.78, 5) is 5.64. The van der Waals surface area contributed by atoms with Gasteiger partial charge in [-0.05, 0) is 68.2 Å². The Bertz CT molecular complexity index is 1090. The van der Waals surface area contributed by atoms with E-state index < -0.39 is 10.0 Å². The van der Waals surface area contributed by atoms with E-state index in [0.29, 0.717) is 19.1 Å². The topological polar surface area (TPSA) is 94.7 Å². The number of aromatic hydroxyl groups is 1. The van der Waals surface area contributed by atoms with Crippen molar-refractivity contribution in [3.05, 3.63) is 54.7 Å². The molecule has 0 radical (unpaired) electrons. The highest BCUT2D eigenvalue weighted by molar-refractivity contribution is 7.89. The van der Waals surface area contributed by atoms with Crippen LogP contribution < -0.4 is 9.46 Å². The number of phenols is 1. The molecule has 1 aliphatic heterocycles. The normalized spacial score (nSPS) is 16.1. The molecule has 0 amide bonds. The van der Waals surface area contributed by atoms with E-state index in [2.05, 4.69) is 14.6 Å². The molecule has 1 fully saturated rings. The molecule has 2 aromatic carbocycles. The largest absolute Gasteiger partial charge is 0.508 e. The van der Waals surface area contributed by atoms with Gasteiger partial charge in [0, 0.05) is 30.2 Å². The average Bonchev–Trinajstić information content (AvgIpc) is 3.23. The van der Waals surface area contributed by atoms with Crippen LogP contribution in [0, 0.1) is 5.92 Å². The zero-order valence-corrected chi connectivity index (χ0v) is 17.6. The minimum absolute atomic E-state index is 0.0545. The van der Waals surface area contributed by atoms with Crippen molar-refractivity contribution in [2.45, 2.75) is 17.7 Å². The van der Waals surface area contributed by atoms with Crippen molar-refractivity contribution in [3.63, 3.8) is 0 Å². The molecule has 0 bridgehead atoms. The molecule has 3 N–H and O–H groups in total. The number of ether oxygens (including phenoxy) is 1. The Hall–Kier alpha value is -2.55. The van der Waals surface area contributed by atoms with Crippen LogP contribution in [0.25, 0.3) is 10.9 Å². The summed E-state index contributed by atoms with van der Waals surface area (Å²) in [5.74, 6) is 1.15. The smallest absolute Gasteiger partial charge is 0.240 e. The summed E-state index contributed by atoms with van der Waals surface area (Å²) in [6.07, 6.45) is 3.79. The zero-order chi connectivity index (χ0) is 21.0. The zero-order valence-electron chi connectivity index (χ0n) is 16.8. The van der Waals surface area contributed by atoms with Gasteiger partial charge in [0.2, 0.25) is 10.0 Å². The monoisotopic (exact) mass is 429 g/mol. The van der Waals surface area contributed by atoms with Crippen molar-refractivity contribution >= 4 is 20.9 Å². The van der Waals surface area contributed by atoms with Crippen molar-refractivity contribution in [2.24, 2.45) is 5.92 Å². The molecule has 4 rings (SSSR count). The number of aromatic amines is 1. The summed E-state index contributed by atoms with van der Waals surface area (Å²) in [5, 5.41) is 10.6. The number of piperidine rings is 1. The van der Waals surface area contributed by atoms with Crippen molar-refractivity contribution in [1.29, 1.82) is 0 Å². The molecule has 1 aliphatic rings. The molecule has 0 aliphatic carbocycles. The highest BCUT2D eigenvalue weighted by Gasteiger charge is 2.22. The lowest BCUT2D eigenvalue weighted by atomic mass is 9.97. The van der Waals surface area contributed by atoms with Crippen LogP contribution in [0.15, 0.2) is 59.6 Å². The van der Waals surface area contributed by atoms with Gasteiger partial charge in [0.25, 0.3) is 0 Å². The highest BCUT2D eigenvalue weighted by Crippen LogP contribution is 2.24. The third-order valence-electron chi connectivity index (χ3n) is 5.62. The van der Waals surface area contributed by atoms with Gasteiger partial charge in [0.1, 0.15) is 18.1 Å². The van der Waals surface area contributed by atoms with E-state index >= 15 is 0 Å². The van der Waals surface area contributed by atoms with Gasteiger partial charge in [-0.25, -0.2) is 13.1 Å². The number of H-pyrrole nitrogens is 1. The summed E-state index contributed by atoms with van der Waals surface area (Å²) < 4.78 is 33.4. The Morgan fingerprint density at radius 1 is 1.13 bits per heavy atom. The first kappa shape index (κ1) is 20.7. The minimum atomic E-state index is -3.60. The van der Waals surface area contributed by atoms with E-state index in [9.17, 15) is 13.5 Å². The van der Waals surface area contributed by atoms with E-state index in [1.165, 1.54) is 24.3 Å². The first-order chi connectivity index (χ1) is 14.5. The van der Waals surface area contributed by atoms with Crippen LogP contribution in [-0.4, -0.2) is 56.2 Å². The second-order valence-corrected chi connectivity index (χ2v) is 9.44. The number of hydrogen-bond donors (Lipinski definition) is 3. The van der Waals surface area contributed by atoms with Gasteiger partial charge in [-0.2, -0.15) is 0 Å². The van der Waals surface area contributed by atoms with E-state index in [-0.39, 0.29) is 10.6 Å². The van der Waals surface area contributed by atoms with Crippen LogP contribution in [-0.2, 0) is 10.0 Å². The van der Waals surface area contributed by atoms with Gasteiger partial charge in [0.15, 0.2) is 0 Å². The Balaban J connectivity index is 1.20. The molecule has 0 unspecified atom stereocenters. The second-order valence-electron chi connectivity index (χ2n) is 7.68. The Labute approximate surface area is 176 Å². The van der Waals surface area contributed by atoms with E-state index in [0.717, 1.165) is 49.1 Å². The van der Waals surface area contributed by atoms with Crippen molar-refractivity contribution in [3.8, 4) is 11.5 Å². The summed E-state index contributed by atoms with van der Waals surface area (Å²) in [6.45, 7) is 3.74. The number of benzene rings is 2. The molecule has 2 heterocycles. The number of phenolic OH excluding ortho intramolecular Hbond substituents is 1. The molecule has 0 spiro atoms. The summed E-state index contributed by atoms with van der Waals surface area (Å²) in [6, 6.07) is 13.8. The van der Waals surface area contributed by atoms with Crippen LogP contribution in [0.2, 0.25) is 0 Å². The third-order valence-corrected chi connectivity index (χ3v) is 7.04. The van der Waals surface area contributed by atoms with E-state index in [1.807, 2.05) is 30.5 Å². The SMILES string of the molecule is O=S(=O)(NCC1CCN(CCOc2cccc3[nH]ccc23)CC1)c1cccc(O)c1. The quantitative estimate of drug-likeness (QED) is 0.512. The molecule has 8 heteroatoms. The number of hydrogen-bond acceptors (Lipinski definition) is 5. The standard InChI is InChI=1S/C22H27N3O4S/c26-18-3-1-4-19(15-18)30(27,28)24-16-17-8-11-25(12-9-17)13-14-29-22-6-2-5-21-20(22)7-10-23-21/h1-7,10,15,17,23-24,26H,8-9,11-14,16H2. The fourth-order valence-corrected chi connectivity index (χ4v) is 5.00. The molecule has 160 valence electrons. The predicted molar refractivity (Wildman–Crippen MR) is 116 cm³/mol. The molecular formula is C22H27N3O4S. The fourth-order valence-electron chi connectivity index (χ4n) is 3.84. The molecule has 0 atom stereocenters. The van der Waals surface area contributed by atoms with Gasteiger partial charge in [0.05, 0.1) is 4.90 Å². The van der Waals surface area contributed by atoms with E-state index in [4.69, 9.17) is 4.74 Å². The molecule has 0 saturated carbocycles. The predicted octanol–water partition coefficient (Wildman–Crippen LogP) is 2.94. The van der Waals surface area contributed by atoms with Gasteiger partial charge < -0.3 is 14.8 Å². The lowest BCUT2D eigenvalue weighted by molar-refractivity contribution is 0.156. The van der Waals surface area contributed by atoms with Crippen LogP contribution >= 0.6 is 0 Å². The molecule has 1 aromatic heterocycles. The van der Waals surface area contributed by atoms with Crippen LogP contribution in [0.1, 0.15) is 12.8 Å². The Kier molecular flexibility index (Phi) is 6.26. The number of likely N-dealkylation sites (tertiary alicyclic amines) is 1. The van der Waals surface area contributed by atoms with Crippen molar-refractivity contribution in [1.82, 2.24) is 14.6 Å². The number of sulfonamides is 1. The van der Waals surface area contributed by atoms with Gasteiger partial charge >= 0.3 is 0 Å². The summed E-state index contributed by atoms with van der Waals surface area (Å²) in [5.41, 5.74) is 1.07. The Morgan fingerprint density at radius 2 is 1.93 bits per heavy atom. The fraction of sp³-hybridized carbons (Fsp3) is 0.364. The molecule has 7 nitrogen and oxygen atoms in total. The third kappa shape index (κ3) is 4.95.